The summed E-state index contributed by atoms with van der Waals surface area (Å²) in [7, 11) is 1.45. The number of aromatic nitrogens is 1. The van der Waals surface area contributed by atoms with Crippen LogP contribution in [0.4, 0.5) is 13.2 Å². The molecule has 1 aromatic heterocycles. The fourth-order valence-corrected chi connectivity index (χ4v) is 4.88. The molecule has 0 fully saturated rings. The number of alkyl halides is 3. The van der Waals surface area contributed by atoms with Gasteiger partial charge in [-0.1, -0.05) is 12.1 Å². The Kier molecular flexibility index (Phi) is 5.78. The summed E-state index contributed by atoms with van der Waals surface area (Å²) in [5.41, 5.74) is 1.88. The van der Waals surface area contributed by atoms with Crippen LogP contribution >= 0.6 is 0 Å². The zero-order valence-corrected chi connectivity index (χ0v) is 18.8. The summed E-state index contributed by atoms with van der Waals surface area (Å²) in [6.07, 6.45) is -2.63. The fourth-order valence-electron chi connectivity index (χ4n) is 4.88. The van der Waals surface area contributed by atoms with E-state index in [9.17, 15) is 18.0 Å². The van der Waals surface area contributed by atoms with Crippen LogP contribution in [-0.4, -0.2) is 29.8 Å². The van der Waals surface area contributed by atoms with E-state index in [4.69, 9.17) is 19.3 Å². The number of aliphatic carboxylic acids is 1. The predicted octanol–water partition coefficient (Wildman–Crippen LogP) is 5.79. The number of methoxy groups -OCH3 is 1. The summed E-state index contributed by atoms with van der Waals surface area (Å²) in [6.45, 7) is 0.289. The Bertz CT molecular complexity index is 1270. The van der Waals surface area contributed by atoms with Crippen molar-refractivity contribution >= 4 is 5.97 Å². The van der Waals surface area contributed by atoms with Crippen molar-refractivity contribution in [3.8, 4) is 28.5 Å². The average molecular weight is 485 g/mol. The lowest BCUT2D eigenvalue weighted by molar-refractivity contribution is -0.138. The number of pyridine rings is 1. The lowest BCUT2D eigenvalue weighted by atomic mass is 9.92. The van der Waals surface area contributed by atoms with Crippen LogP contribution < -0.4 is 14.2 Å². The molecule has 2 aromatic carbocycles. The largest absolute Gasteiger partial charge is 0.492 e. The second-order valence-electron chi connectivity index (χ2n) is 8.59. The van der Waals surface area contributed by atoms with E-state index in [0.29, 0.717) is 46.9 Å². The minimum absolute atomic E-state index is 0.0201. The summed E-state index contributed by atoms with van der Waals surface area (Å²) < 4.78 is 58.6. The van der Waals surface area contributed by atoms with Crippen molar-refractivity contribution in [3.05, 3.63) is 70.9 Å². The van der Waals surface area contributed by atoms with E-state index in [-0.39, 0.29) is 24.5 Å². The van der Waals surface area contributed by atoms with Gasteiger partial charge in [-0.15, -0.1) is 0 Å². The SMILES string of the molecule is COc1ccc(-c2c(C(F)(F)F)ccc3c2CC[C@H]3Oc2ccc3c(c2)OC[C@H]3CC(=O)O)cn1. The molecule has 0 radical (unpaired) electrons. The average Bonchev–Trinajstić information content (AvgIpc) is 3.41. The molecule has 182 valence electrons. The van der Waals surface area contributed by atoms with E-state index in [2.05, 4.69) is 4.98 Å². The molecule has 1 N–H and O–H groups in total. The highest BCUT2D eigenvalue weighted by Crippen LogP contribution is 2.47. The van der Waals surface area contributed by atoms with Crippen LogP contribution in [0.15, 0.2) is 48.7 Å². The minimum Gasteiger partial charge on any atom is -0.492 e. The molecule has 0 saturated carbocycles. The molecule has 0 unspecified atom stereocenters. The van der Waals surface area contributed by atoms with Crippen molar-refractivity contribution < 1.29 is 37.3 Å². The minimum atomic E-state index is -4.52. The first-order valence-corrected chi connectivity index (χ1v) is 11.1. The number of nitrogens with zero attached hydrogens (tertiary/aromatic N) is 1. The van der Waals surface area contributed by atoms with E-state index in [1.165, 1.54) is 19.4 Å². The molecule has 2 aliphatic rings. The summed E-state index contributed by atoms with van der Waals surface area (Å²) in [6, 6.07) is 11.0. The summed E-state index contributed by atoms with van der Waals surface area (Å²) in [4.78, 5) is 15.2. The highest BCUT2D eigenvalue weighted by Gasteiger charge is 2.38. The quantitative estimate of drug-likeness (QED) is 0.476. The van der Waals surface area contributed by atoms with E-state index in [1.807, 2.05) is 0 Å². The number of rotatable bonds is 6. The van der Waals surface area contributed by atoms with E-state index >= 15 is 0 Å². The number of carboxylic acid groups (broad SMARTS) is 1. The van der Waals surface area contributed by atoms with Gasteiger partial charge in [-0.2, -0.15) is 13.2 Å². The maximum absolute atomic E-state index is 13.9. The molecule has 2 heterocycles. The maximum Gasteiger partial charge on any atom is 0.417 e. The van der Waals surface area contributed by atoms with Crippen LogP contribution in [0.5, 0.6) is 17.4 Å². The van der Waals surface area contributed by atoms with Gasteiger partial charge in [0.05, 0.1) is 25.7 Å². The Morgan fingerprint density at radius 2 is 1.97 bits per heavy atom. The third kappa shape index (κ3) is 4.38. The van der Waals surface area contributed by atoms with E-state index in [0.717, 1.165) is 11.6 Å². The van der Waals surface area contributed by atoms with Gasteiger partial charge in [0.1, 0.15) is 17.6 Å². The molecule has 0 saturated heterocycles. The van der Waals surface area contributed by atoms with Crippen molar-refractivity contribution in [2.75, 3.05) is 13.7 Å². The van der Waals surface area contributed by atoms with Crippen molar-refractivity contribution in [1.82, 2.24) is 4.98 Å². The van der Waals surface area contributed by atoms with Crippen molar-refractivity contribution in [2.24, 2.45) is 0 Å². The lowest BCUT2D eigenvalue weighted by Gasteiger charge is -2.19. The smallest absolute Gasteiger partial charge is 0.417 e. The molecular formula is C26H22F3NO5. The molecule has 0 spiro atoms. The van der Waals surface area contributed by atoms with Crippen LogP contribution in [0.1, 0.15) is 47.1 Å². The first kappa shape index (κ1) is 23.0. The second-order valence-corrected chi connectivity index (χ2v) is 8.59. The maximum atomic E-state index is 13.9. The topological polar surface area (TPSA) is 77.9 Å². The lowest BCUT2D eigenvalue weighted by Crippen LogP contribution is -2.10. The number of benzene rings is 2. The van der Waals surface area contributed by atoms with Gasteiger partial charge in [0.25, 0.3) is 0 Å². The number of halogens is 3. The van der Waals surface area contributed by atoms with Gasteiger partial charge in [0.2, 0.25) is 5.88 Å². The van der Waals surface area contributed by atoms with E-state index in [1.54, 1.807) is 30.3 Å². The van der Waals surface area contributed by atoms with Crippen molar-refractivity contribution in [1.29, 1.82) is 0 Å². The van der Waals surface area contributed by atoms with Gasteiger partial charge in [0, 0.05) is 35.4 Å². The van der Waals surface area contributed by atoms with Gasteiger partial charge in [0.15, 0.2) is 0 Å². The zero-order chi connectivity index (χ0) is 24.7. The molecule has 9 heteroatoms. The summed E-state index contributed by atoms with van der Waals surface area (Å²) in [5.74, 6) is 0.302. The van der Waals surface area contributed by atoms with Gasteiger partial charge in [-0.05, 0) is 47.7 Å². The monoisotopic (exact) mass is 485 g/mol. The first-order chi connectivity index (χ1) is 16.7. The third-order valence-electron chi connectivity index (χ3n) is 6.46. The molecule has 1 aliphatic carbocycles. The fraction of sp³-hybridized carbons (Fsp3) is 0.308. The molecule has 2 atom stereocenters. The molecule has 6 nitrogen and oxygen atoms in total. The highest BCUT2D eigenvalue weighted by atomic mass is 19.4. The third-order valence-corrected chi connectivity index (χ3v) is 6.46. The predicted molar refractivity (Wildman–Crippen MR) is 120 cm³/mol. The van der Waals surface area contributed by atoms with Crippen LogP contribution in [0.25, 0.3) is 11.1 Å². The van der Waals surface area contributed by atoms with Crippen molar-refractivity contribution in [2.45, 2.75) is 37.5 Å². The first-order valence-electron chi connectivity index (χ1n) is 11.1. The van der Waals surface area contributed by atoms with E-state index < -0.39 is 23.8 Å². The van der Waals surface area contributed by atoms with Gasteiger partial charge >= 0.3 is 12.1 Å². The van der Waals surface area contributed by atoms with Gasteiger partial charge in [-0.25, -0.2) is 4.98 Å². The Balaban J connectivity index is 1.46. The normalized spacial score (nSPS) is 18.5. The molecule has 3 aromatic rings. The Morgan fingerprint density at radius 1 is 1.17 bits per heavy atom. The standard InChI is InChI=1S/C26H22F3NO5/c1-33-23-9-2-14(12-30-23)25-19-6-8-21(18(19)5-7-20(25)26(27,28)29)35-16-3-4-17-15(10-24(31)32)13-34-22(17)11-16/h2-5,7,9,11-12,15,21H,6,8,10,13H2,1H3,(H,31,32)/t15-,21-/m1/s1. The number of carboxylic acids is 1. The molecular weight excluding hydrogens is 463 g/mol. The van der Waals surface area contributed by atoms with Crippen LogP contribution in [-0.2, 0) is 17.4 Å². The molecule has 0 amide bonds. The highest BCUT2D eigenvalue weighted by molar-refractivity contribution is 5.74. The Hall–Kier alpha value is -3.75. The van der Waals surface area contributed by atoms with Gasteiger partial charge < -0.3 is 19.3 Å². The summed E-state index contributed by atoms with van der Waals surface area (Å²) in [5, 5.41) is 9.08. The summed E-state index contributed by atoms with van der Waals surface area (Å²) >= 11 is 0. The Labute approximate surface area is 199 Å². The number of carbonyl (C=O) groups is 1. The number of hydrogen-bond acceptors (Lipinski definition) is 5. The van der Waals surface area contributed by atoms with Crippen LogP contribution in [0, 0.1) is 0 Å². The van der Waals surface area contributed by atoms with Crippen molar-refractivity contribution in [3.63, 3.8) is 0 Å². The molecule has 35 heavy (non-hydrogen) atoms. The number of hydrogen-bond donors (Lipinski definition) is 1. The molecule has 1 aliphatic heterocycles. The second kappa shape index (κ2) is 8.79. The Morgan fingerprint density at radius 3 is 2.66 bits per heavy atom. The van der Waals surface area contributed by atoms with Crippen LogP contribution in [0.3, 0.4) is 0 Å². The van der Waals surface area contributed by atoms with Crippen LogP contribution in [0.2, 0.25) is 0 Å². The molecule has 5 rings (SSSR count). The molecule has 0 bridgehead atoms. The zero-order valence-electron chi connectivity index (χ0n) is 18.8. The number of fused-ring (bicyclic) bond motifs is 2. The number of ether oxygens (including phenoxy) is 3. The van der Waals surface area contributed by atoms with Gasteiger partial charge in [-0.3, -0.25) is 4.79 Å².